The molecule has 0 aromatic carbocycles. The summed E-state index contributed by atoms with van der Waals surface area (Å²) in [5.74, 6) is -0.00537. The SMILES string of the molecule is CC(=O)COC(C)=S. The fourth-order valence-electron chi connectivity index (χ4n) is 0.203. The van der Waals surface area contributed by atoms with Crippen LogP contribution < -0.4 is 0 Å². The summed E-state index contributed by atoms with van der Waals surface area (Å²) < 4.78 is 4.69. The van der Waals surface area contributed by atoms with E-state index < -0.39 is 0 Å². The second-order valence-electron chi connectivity index (χ2n) is 1.48. The molecule has 0 spiro atoms. The Hall–Kier alpha value is -0.440. The van der Waals surface area contributed by atoms with Crippen molar-refractivity contribution in [3.8, 4) is 0 Å². The highest BCUT2D eigenvalue weighted by molar-refractivity contribution is 7.80. The molecule has 0 saturated carbocycles. The van der Waals surface area contributed by atoms with Crippen LogP contribution in [0.5, 0.6) is 0 Å². The van der Waals surface area contributed by atoms with Crippen LogP contribution in [0, 0.1) is 0 Å². The number of thiocarbonyl (C=S) groups is 1. The number of hydrogen-bond acceptors (Lipinski definition) is 3. The van der Waals surface area contributed by atoms with Gasteiger partial charge in [0.1, 0.15) is 6.61 Å². The standard InChI is InChI=1S/C5H8O2S/c1-4(6)3-7-5(2)8/h3H2,1-2H3. The number of ketones is 1. The third-order valence-corrected chi connectivity index (χ3v) is 0.597. The molecular weight excluding hydrogens is 124 g/mol. The van der Waals surface area contributed by atoms with Crippen LogP contribution in [0.15, 0.2) is 0 Å². The second kappa shape index (κ2) is 3.55. The quantitative estimate of drug-likeness (QED) is 0.523. The van der Waals surface area contributed by atoms with Gasteiger partial charge in [0.05, 0.1) is 0 Å². The lowest BCUT2D eigenvalue weighted by molar-refractivity contribution is -0.119. The molecule has 0 unspecified atom stereocenters. The molecule has 0 aliphatic rings. The molecule has 0 amide bonds. The van der Waals surface area contributed by atoms with Gasteiger partial charge in [0, 0.05) is 6.92 Å². The van der Waals surface area contributed by atoms with Crippen LogP contribution in [0.3, 0.4) is 0 Å². The summed E-state index contributed by atoms with van der Waals surface area (Å²) in [5, 5.41) is 0.417. The predicted octanol–water partition coefficient (Wildman–Crippen LogP) is 0.939. The van der Waals surface area contributed by atoms with E-state index in [0.29, 0.717) is 5.05 Å². The number of rotatable bonds is 2. The smallest absolute Gasteiger partial charge is 0.167 e. The number of ether oxygens (including phenoxy) is 1. The van der Waals surface area contributed by atoms with E-state index in [2.05, 4.69) is 17.0 Å². The summed E-state index contributed by atoms with van der Waals surface area (Å²) in [6.45, 7) is 3.20. The third-order valence-electron chi connectivity index (χ3n) is 0.479. The van der Waals surface area contributed by atoms with Gasteiger partial charge in [-0.2, -0.15) is 0 Å². The lowest BCUT2D eigenvalue weighted by Gasteiger charge is -1.96. The minimum Gasteiger partial charge on any atom is -0.480 e. The Bertz CT molecular complexity index is 95.0. The number of hydrogen-bond donors (Lipinski definition) is 0. The van der Waals surface area contributed by atoms with Crippen LogP contribution in [0.2, 0.25) is 0 Å². The zero-order valence-corrected chi connectivity index (χ0v) is 5.75. The summed E-state index contributed by atoms with van der Waals surface area (Å²) in [6, 6.07) is 0. The highest BCUT2D eigenvalue weighted by Gasteiger charge is 1.91. The van der Waals surface area contributed by atoms with Crippen molar-refractivity contribution in [1.29, 1.82) is 0 Å². The summed E-state index contributed by atoms with van der Waals surface area (Å²) in [4.78, 5) is 10.2. The third kappa shape index (κ3) is 5.56. The van der Waals surface area contributed by atoms with Crippen molar-refractivity contribution < 1.29 is 9.53 Å². The fourth-order valence-corrected chi connectivity index (χ4v) is 0.262. The highest BCUT2D eigenvalue weighted by atomic mass is 32.1. The van der Waals surface area contributed by atoms with Gasteiger partial charge in [-0.3, -0.25) is 4.79 Å². The molecule has 3 heteroatoms. The van der Waals surface area contributed by atoms with Crippen molar-refractivity contribution in [3.63, 3.8) is 0 Å². The average molecular weight is 132 g/mol. The van der Waals surface area contributed by atoms with Crippen LogP contribution in [0.25, 0.3) is 0 Å². The molecule has 0 aliphatic carbocycles. The Morgan fingerprint density at radius 3 is 2.25 bits per heavy atom. The molecule has 0 bridgehead atoms. The summed E-state index contributed by atoms with van der Waals surface area (Å²) >= 11 is 4.54. The zero-order valence-electron chi connectivity index (χ0n) is 4.93. The Morgan fingerprint density at radius 1 is 1.62 bits per heavy atom. The molecule has 0 aliphatic heterocycles. The molecule has 0 rings (SSSR count). The van der Waals surface area contributed by atoms with Gasteiger partial charge in [0.15, 0.2) is 10.8 Å². The monoisotopic (exact) mass is 132 g/mol. The van der Waals surface area contributed by atoms with Crippen LogP contribution in [0.4, 0.5) is 0 Å². The lowest BCUT2D eigenvalue weighted by Crippen LogP contribution is -2.05. The van der Waals surface area contributed by atoms with Crippen molar-refractivity contribution in [1.82, 2.24) is 0 Å². The van der Waals surface area contributed by atoms with Gasteiger partial charge in [-0.1, -0.05) is 0 Å². The first-order valence-electron chi connectivity index (χ1n) is 2.25. The van der Waals surface area contributed by atoms with Crippen molar-refractivity contribution in [2.75, 3.05) is 6.61 Å². The Kier molecular flexibility index (Phi) is 3.35. The first kappa shape index (κ1) is 7.56. The molecule has 0 saturated heterocycles. The van der Waals surface area contributed by atoms with Crippen LogP contribution in [-0.2, 0) is 9.53 Å². The summed E-state index contributed by atoms with van der Waals surface area (Å²) in [7, 11) is 0. The van der Waals surface area contributed by atoms with Crippen molar-refractivity contribution in [3.05, 3.63) is 0 Å². The van der Waals surface area contributed by atoms with Gasteiger partial charge >= 0.3 is 0 Å². The van der Waals surface area contributed by atoms with Crippen LogP contribution in [0.1, 0.15) is 13.8 Å². The Balaban J connectivity index is 3.18. The van der Waals surface area contributed by atoms with Crippen molar-refractivity contribution >= 4 is 23.1 Å². The molecule has 0 fully saturated rings. The van der Waals surface area contributed by atoms with Crippen molar-refractivity contribution in [2.24, 2.45) is 0 Å². The molecule has 0 aromatic rings. The topological polar surface area (TPSA) is 26.3 Å². The van der Waals surface area contributed by atoms with E-state index in [-0.39, 0.29) is 12.4 Å². The van der Waals surface area contributed by atoms with E-state index in [1.165, 1.54) is 6.92 Å². The number of carbonyl (C=O) groups is 1. The van der Waals surface area contributed by atoms with Gasteiger partial charge in [-0.25, -0.2) is 0 Å². The lowest BCUT2D eigenvalue weighted by atomic mass is 10.5. The Labute approximate surface area is 53.8 Å². The van der Waals surface area contributed by atoms with Crippen molar-refractivity contribution in [2.45, 2.75) is 13.8 Å². The van der Waals surface area contributed by atoms with Gasteiger partial charge < -0.3 is 4.74 Å². The van der Waals surface area contributed by atoms with E-state index >= 15 is 0 Å². The summed E-state index contributed by atoms with van der Waals surface area (Å²) in [5.41, 5.74) is 0. The Morgan fingerprint density at radius 2 is 2.12 bits per heavy atom. The summed E-state index contributed by atoms with van der Waals surface area (Å²) in [6.07, 6.45) is 0. The first-order valence-corrected chi connectivity index (χ1v) is 2.66. The molecule has 46 valence electrons. The molecule has 8 heavy (non-hydrogen) atoms. The minimum absolute atomic E-state index is 0.00537. The van der Waals surface area contributed by atoms with Gasteiger partial charge in [-0.05, 0) is 19.1 Å². The largest absolute Gasteiger partial charge is 0.480 e. The van der Waals surface area contributed by atoms with E-state index in [0.717, 1.165) is 0 Å². The van der Waals surface area contributed by atoms with E-state index in [1.807, 2.05) is 0 Å². The number of Topliss-reactive ketones (excluding diaryl/α,β-unsaturated/α-hetero) is 1. The minimum atomic E-state index is -0.00537. The van der Waals surface area contributed by atoms with Gasteiger partial charge in [0.2, 0.25) is 0 Å². The van der Waals surface area contributed by atoms with E-state index in [1.54, 1.807) is 6.92 Å². The van der Waals surface area contributed by atoms with Crippen LogP contribution >= 0.6 is 12.2 Å². The molecular formula is C5H8O2S. The average Bonchev–Trinajstić information content (AvgIpc) is 1.61. The molecule has 0 heterocycles. The van der Waals surface area contributed by atoms with E-state index in [4.69, 9.17) is 0 Å². The maximum atomic E-state index is 10.2. The fraction of sp³-hybridized carbons (Fsp3) is 0.600. The normalized spacial score (nSPS) is 8.25. The number of carbonyl (C=O) groups excluding carboxylic acids is 1. The van der Waals surface area contributed by atoms with E-state index in [9.17, 15) is 4.79 Å². The molecule has 0 N–H and O–H groups in total. The highest BCUT2D eigenvalue weighted by Crippen LogP contribution is 1.79. The molecule has 0 atom stereocenters. The first-order chi connectivity index (χ1) is 3.63. The molecule has 2 nitrogen and oxygen atoms in total. The zero-order chi connectivity index (χ0) is 6.57. The maximum absolute atomic E-state index is 10.2. The van der Waals surface area contributed by atoms with Gasteiger partial charge in [-0.15, -0.1) is 0 Å². The molecule has 0 radical (unpaired) electrons. The predicted molar refractivity (Wildman–Crippen MR) is 34.9 cm³/mol. The van der Waals surface area contributed by atoms with Gasteiger partial charge in [0.25, 0.3) is 0 Å². The second-order valence-corrected chi connectivity index (χ2v) is 2.06. The maximum Gasteiger partial charge on any atom is 0.167 e. The molecule has 0 aromatic heterocycles. The van der Waals surface area contributed by atoms with Crippen LogP contribution in [-0.4, -0.2) is 17.4 Å².